The van der Waals surface area contributed by atoms with Crippen LogP contribution in [0.2, 0.25) is 0 Å². The number of ether oxygens (including phenoxy) is 2. The van der Waals surface area contributed by atoms with Gasteiger partial charge in [0, 0.05) is 36.6 Å². The first-order valence-corrected chi connectivity index (χ1v) is 9.55. The van der Waals surface area contributed by atoms with Crippen molar-refractivity contribution in [3.63, 3.8) is 0 Å². The van der Waals surface area contributed by atoms with E-state index in [2.05, 4.69) is 9.84 Å². The van der Waals surface area contributed by atoms with Crippen molar-refractivity contribution < 1.29 is 22.6 Å². The fourth-order valence-corrected chi connectivity index (χ4v) is 3.28. The highest BCUT2D eigenvalue weighted by Crippen LogP contribution is 2.33. The van der Waals surface area contributed by atoms with E-state index in [0.29, 0.717) is 33.9 Å². The highest BCUT2D eigenvalue weighted by Gasteiger charge is 2.31. The minimum Gasteiger partial charge on any atom is -0.456 e. The summed E-state index contributed by atoms with van der Waals surface area (Å²) in [7, 11) is 1.76. The molecule has 0 unspecified atom stereocenters. The summed E-state index contributed by atoms with van der Waals surface area (Å²) in [6.07, 6.45) is 0.198. The number of alkyl halides is 3. The Morgan fingerprint density at radius 2 is 1.72 bits per heavy atom. The second-order valence-electron chi connectivity index (χ2n) is 7.07. The maximum absolute atomic E-state index is 12.9. The van der Waals surface area contributed by atoms with Gasteiger partial charge in [-0.15, -0.1) is 13.2 Å². The van der Waals surface area contributed by atoms with E-state index >= 15 is 0 Å². The lowest BCUT2D eigenvalue weighted by Crippen LogP contribution is -2.19. The zero-order valence-corrected chi connectivity index (χ0v) is 17.1. The molecule has 0 aliphatic rings. The van der Waals surface area contributed by atoms with Gasteiger partial charge in [0.2, 0.25) is 0 Å². The van der Waals surface area contributed by atoms with Gasteiger partial charge < -0.3 is 9.47 Å². The van der Waals surface area contributed by atoms with Crippen LogP contribution in [0.15, 0.2) is 78.0 Å². The third kappa shape index (κ3) is 4.66. The van der Waals surface area contributed by atoms with Gasteiger partial charge in [-0.2, -0.15) is 5.10 Å². The predicted octanol–water partition coefficient (Wildman–Crippen LogP) is 5.24. The van der Waals surface area contributed by atoms with Gasteiger partial charge in [-0.1, -0.05) is 18.2 Å². The van der Waals surface area contributed by atoms with Crippen LogP contribution in [0, 0.1) is 6.92 Å². The summed E-state index contributed by atoms with van der Waals surface area (Å²) >= 11 is 0. The molecule has 0 saturated carbocycles. The molecule has 0 aliphatic heterocycles. The fraction of sp³-hybridized carbons (Fsp3) is 0.130. The van der Waals surface area contributed by atoms with Gasteiger partial charge in [0.05, 0.1) is 11.9 Å². The molecule has 164 valence electrons. The van der Waals surface area contributed by atoms with E-state index in [1.165, 1.54) is 28.8 Å². The molecule has 0 radical (unpaired) electrons. The van der Waals surface area contributed by atoms with Gasteiger partial charge in [-0.25, -0.2) is 0 Å². The number of aromatic nitrogens is 3. The van der Waals surface area contributed by atoms with Gasteiger partial charge in [-0.3, -0.25) is 14.0 Å². The van der Waals surface area contributed by atoms with E-state index < -0.39 is 11.9 Å². The van der Waals surface area contributed by atoms with Crippen LogP contribution < -0.4 is 15.0 Å². The van der Waals surface area contributed by atoms with Gasteiger partial charge in [0.25, 0.3) is 5.56 Å². The summed E-state index contributed by atoms with van der Waals surface area (Å²) in [5.41, 5.74) is 1.75. The number of nitrogens with zero attached hydrogens (tertiary/aromatic N) is 3. The van der Waals surface area contributed by atoms with Crippen LogP contribution in [0.25, 0.3) is 16.8 Å². The zero-order valence-electron chi connectivity index (χ0n) is 17.1. The number of halogens is 3. The maximum atomic E-state index is 12.9. The number of para-hydroxylation sites is 1. The van der Waals surface area contributed by atoms with Crippen LogP contribution in [0.3, 0.4) is 0 Å². The largest absolute Gasteiger partial charge is 0.573 e. The van der Waals surface area contributed by atoms with Crippen LogP contribution in [-0.4, -0.2) is 20.7 Å². The van der Waals surface area contributed by atoms with Gasteiger partial charge >= 0.3 is 6.36 Å². The molecule has 2 aromatic heterocycles. The Morgan fingerprint density at radius 1 is 0.969 bits per heavy atom. The van der Waals surface area contributed by atoms with Crippen molar-refractivity contribution in [1.29, 1.82) is 0 Å². The highest BCUT2D eigenvalue weighted by molar-refractivity contribution is 5.69. The Morgan fingerprint density at radius 3 is 2.34 bits per heavy atom. The van der Waals surface area contributed by atoms with Crippen LogP contribution in [0.4, 0.5) is 13.2 Å². The Balaban J connectivity index is 1.81. The molecule has 0 N–H and O–H groups in total. The standard InChI is InChI=1S/C23H18F3N3O3/c1-15-10-18(32-23(24,25)26)8-9-20(15)29-14-19(16-12-27-28(2)13-16)21(11-22(29)30)31-17-6-4-3-5-7-17/h3-14H,1-2H3. The van der Waals surface area contributed by atoms with Gasteiger partial charge in [-0.05, 0) is 42.8 Å². The molecule has 0 fully saturated rings. The Labute approximate surface area is 181 Å². The zero-order chi connectivity index (χ0) is 22.9. The molecule has 9 heteroatoms. The molecule has 0 aliphatic carbocycles. The van der Waals surface area contributed by atoms with E-state index in [1.54, 1.807) is 49.4 Å². The molecule has 0 bridgehead atoms. The van der Waals surface area contributed by atoms with Crippen molar-refractivity contribution in [3.8, 4) is 34.1 Å². The van der Waals surface area contributed by atoms with Crippen molar-refractivity contribution in [2.75, 3.05) is 0 Å². The number of benzene rings is 2. The molecule has 2 aromatic carbocycles. The number of pyridine rings is 1. The normalized spacial score (nSPS) is 11.4. The number of rotatable bonds is 5. The average molecular weight is 441 g/mol. The van der Waals surface area contributed by atoms with Crippen LogP contribution in [-0.2, 0) is 7.05 Å². The fourth-order valence-electron chi connectivity index (χ4n) is 3.28. The smallest absolute Gasteiger partial charge is 0.456 e. The number of hydrogen-bond acceptors (Lipinski definition) is 4. The SMILES string of the molecule is Cc1cc(OC(F)(F)F)ccc1-n1cc(-c2cnn(C)c2)c(Oc2ccccc2)cc1=O. The molecule has 2 heterocycles. The second kappa shape index (κ2) is 8.26. The highest BCUT2D eigenvalue weighted by atomic mass is 19.4. The van der Waals surface area contributed by atoms with Crippen molar-refractivity contribution in [1.82, 2.24) is 14.3 Å². The van der Waals surface area contributed by atoms with E-state index in [9.17, 15) is 18.0 Å². The third-order valence-electron chi connectivity index (χ3n) is 4.66. The second-order valence-corrected chi connectivity index (χ2v) is 7.07. The Kier molecular flexibility index (Phi) is 5.48. The van der Waals surface area contributed by atoms with E-state index in [4.69, 9.17) is 4.74 Å². The molecule has 0 atom stereocenters. The lowest BCUT2D eigenvalue weighted by Gasteiger charge is -2.16. The lowest BCUT2D eigenvalue weighted by molar-refractivity contribution is -0.274. The van der Waals surface area contributed by atoms with E-state index in [0.717, 1.165) is 0 Å². The Bertz CT molecular complexity index is 1310. The lowest BCUT2D eigenvalue weighted by atomic mass is 10.1. The quantitative estimate of drug-likeness (QED) is 0.425. The maximum Gasteiger partial charge on any atom is 0.573 e. The number of hydrogen-bond donors (Lipinski definition) is 0. The molecule has 4 rings (SSSR count). The first kappa shape index (κ1) is 21.2. The van der Waals surface area contributed by atoms with Crippen molar-refractivity contribution >= 4 is 0 Å². The van der Waals surface area contributed by atoms with Crippen LogP contribution in [0.1, 0.15) is 5.56 Å². The van der Waals surface area contributed by atoms with Crippen molar-refractivity contribution in [2.24, 2.45) is 7.05 Å². The summed E-state index contributed by atoms with van der Waals surface area (Å²) < 4.78 is 50.5. The summed E-state index contributed by atoms with van der Waals surface area (Å²) in [4.78, 5) is 12.9. The molecule has 0 spiro atoms. The number of aryl methyl sites for hydroxylation is 2. The summed E-state index contributed by atoms with van der Waals surface area (Å²) in [6, 6.07) is 14.2. The summed E-state index contributed by atoms with van der Waals surface area (Å²) in [5.74, 6) is 0.531. The van der Waals surface area contributed by atoms with Crippen molar-refractivity contribution in [2.45, 2.75) is 13.3 Å². The average Bonchev–Trinajstić information content (AvgIpc) is 3.14. The van der Waals surface area contributed by atoms with Gasteiger partial charge in [0.1, 0.15) is 17.2 Å². The minimum absolute atomic E-state index is 0.333. The topological polar surface area (TPSA) is 58.3 Å². The first-order valence-electron chi connectivity index (χ1n) is 9.55. The third-order valence-corrected chi connectivity index (χ3v) is 4.66. The van der Waals surface area contributed by atoms with Crippen molar-refractivity contribution in [3.05, 3.63) is 89.1 Å². The van der Waals surface area contributed by atoms with Gasteiger partial charge in [0.15, 0.2) is 0 Å². The first-order chi connectivity index (χ1) is 15.2. The predicted molar refractivity (Wildman–Crippen MR) is 112 cm³/mol. The molecular weight excluding hydrogens is 423 g/mol. The monoisotopic (exact) mass is 441 g/mol. The van der Waals surface area contributed by atoms with E-state index in [-0.39, 0.29) is 5.75 Å². The molecule has 32 heavy (non-hydrogen) atoms. The van der Waals surface area contributed by atoms with Crippen LogP contribution >= 0.6 is 0 Å². The molecule has 0 saturated heterocycles. The van der Waals surface area contributed by atoms with E-state index in [1.807, 2.05) is 18.2 Å². The molecule has 6 nitrogen and oxygen atoms in total. The Hall–Kier alpha value is -4.01. The molecule has 4 aromatic rings. The summed E-state index contributed by atoms with van der Waals surface area (Å²) in [5, 5.41) is 4.18. The van der Waals surface area contributed by atoms with Crippen LogP contribution in [0.5, 0.6) is 17.2 Å². The minimum atomic E-state index is -4.80. The molecule has 0 amide bonds. The molecular formula is C23H18F3N3O3. The summed E-state index contributed by atoms with van der Waals surface area (Å²) in [6.45, 7) is 1.60.